The number of ether oxygens (including phenoxy) is 1. The van der Waals surface area contributed by atoms with Crippen LogP contribution in [0.2, 0.25) is 5.02 Å². The zero-order valence-corrected chi connectivity index (χ0v) is 18.3. The van der Waals surface area contributed by atoms with Gasteiger partial charge in [0.25, 0.3) is 0 Å². The number of methoxy groups -OCH3 is 1. The summed E-state index contributed by atoms with van der Waals surface area (Å²) >= 11 is 6.08. The molecular formula is C21H24ClN3O4S. The van der Waals surface area contributed by atoms with Crippen LogP contribution in [0.1, 0.15) is 12.8 Å². The van der Waals surface area contributed by atoms with Crippen LogP contribution in [-0.2, 0) is 14.8 Å². The lowest BCUT2D eigenvalue weighted by Crippen LogP contribution is -2.48. The van der Waals surface area contributed by atoms with Crippen molar-refractivity contribution < 1.29 is 17.9 Å². The second-order valence-corrected chi connectivity index (χ2v) is 9.73. The zero-order valence-electron chi connectivity index (χ0n) is 16.8. The molecule has 2 aliphatic heterocycles. The van der Waals surface area contributed by atoms with Crippen molar-refractivity contribution >= 4 is 38.9 Å². The Morgan fingerprint density at radius 1 is 1.00 bits per heavy atom. The molecule has 7 nitrogen and oxygen atoms in total. The van der Waals surface area contributed by atoms with Crippen LogP contribution in [0.4, 0.5) is 11.4 Å². The van der Waals surface area contributed by atoms with Gasteiger partial charge in [-0.1, -0.05) is 17.7 Å². The molecule has 2 heterocycles. The third-order valence-electron chi connectivity index (χ3n) is 5.56. The van der Waals surface area contributed by atoms with Crippen LogP contribution in [0.3, 0.4) is 0 Å². The molecule has 160 valence electrons. The van der Waals surface area contributed by atoms with E-state index < -0.39 is 10.0 Å². The number of hydrogen-bond acceptors (Lipinski definition) is 5. The van der Waals surface area contributed by atoms with Crippen molar-refractivity contribution in [1.82, 2.24) is 4.31 Å². The lowest BCUT2D eigenvalue weighted by Gasteiger charge is -2.35. The molecule has 0 radical (unpaired) electrons. The highest BCUT2D eigenvalue weighted by Gasteiger charge is 2.31. The SMILES string of the molecule is COc1ccc(S(=O)(=O)N2CCN(c3cccc(Cl)c3)CC2)cc1N1CCCC1=O. The van der Waals surface area contributed by atoms with Crippen LogP contribution in [0, 0.1) is 0 Å². The van der Waals surface area contributed by atoms with Gasteiger partial charge in [-0.15, -0.1) is 0 Å². The van der Waals surface area contributed by atoms with Gasteiger partial charge in [-0.2, -0.15) is 4.31 Å². The van der Waals surface area contributed by atoms with Crippen LogP contribution in [0.15, 0.2) is 47.4 Å². The maximum Gasteiger partial charge on any atom is 0.243 e. The molecule has 1 amide bonds. The van der Waals surface area contributed by atoms with Gasteiger partial charge < -0.3 is 14.5 Å². The van der Waals surface area contributed by atoms with E-state index in [9.17, 15) is 13.2 Å². The van der Waals surface area contributed by atoms with E-state index in [-0.39, 0.29) is 10.8 Å². The van der Waals surface area contributed by atoms with Crippen LogP contribution in [0.25, 0.3) is 0 Å². The topological polar surface area (TPSA) is 70.2 Å². The highest BCUT2D eigenvalue weighted by Crippen LogP contribution is 2.34. The van der Waals surface area contributed by atoms with E-state index in [1.807, 2.05) is 24.3 Å². The first-order valence-electron chi connectivity index (χ1n) is 9.89. The Bertz CT molecular complexity index is 1050. The zero-order chi connectivity index (χ0) is 21.3. The monoisotopic (exact) mass is 449 g/mol. The maximum absolute atomic E-state index is 13.3. The first-order chi connectivity index (χ1) is 14.4. The van der Waals surface area contributed by atoms with Gasteiger partial charge in [0.1, 0.15) is 5.75 Å². The molecule has 0 N–H and O–H groups in total. The van der Waals surface area contributed by atoms with E-state index in [0.29, 0.717) is 55.6 Å². The molecule has 2 fully saturated rings. The summed E-state index contributed by atoms with van der Waals surface area (Å²) in [5.41, 5.74) is 1.50. The maximum atomic E-state index is 13.3. The summed E-state index contributed by atoms with van der Waals surface area (Å²) < 4.78 is 33.4. The Labute approximate surface area is 181 Å². The predicted molar refractivity (Wildman–Crippen MR) is 117 cm³/mol. The fraction of sp³-hybridized carbons (Fsp3) is 0.381. The van der Waals surface area contributed by atoms with Gasteiger partial charge in [0.15, 0.2) is 0 Å². The Morgan fingerprint density at radius 3 is 2.40 bits per heavy atom. The largest absolute Gasteiger partial charge is 0.495 e. The minimum atomic E-state index is -3.68. The van der Waals surface area contributed by atoms with E-state index in [1.54, 1.807) is 23.1 Å². The number of carbonyl (C=O) groups is 1. The standard InChI is InChI=1S/C21H24ClN3O4S/c1-29-20-8-7-18(15-19(20)25-9-3-6-21(25)26)30(27,28)24-12-10-23(11-13-24)17-5-2-4-16(22)14-17/h2,4-5,7-8,14-15H,3,6,9-13H2,1H3. The van der Waals surface area contributed by atoms with Crippen LogP contribution < -0.4 is 14.5 Å². The van der Waals surface area contributed by atoms with E-state index in [0.717, 1.165) is 12.1 Å². The minimum Gasteiger partial charge on any atom is -0.495 e. The van der Waals surface area contributed by atoms with Gasteiger partial charge in [0, 0.05) is 49.9 Å². The van der Waals surface area contributed by atoms with Crippen molar-refractivity contribution in [2.24, 2.45) is 0 Å². The summed E-state index contributed by atoms with van der Waals surface area (Å²) in [4.78, 5) is 16.1. The van der Waals surface area contributed by atoms with Crippen molar-refractivity contribution in [2.45, 2.75) is 17.7 Å². The average Bonchev–Trinajstić information content (AvgIpc) is 3.19. The van der Waals surface area contributed by atoms with Gasteiger partial charge in [0.2, 0.25) is 15.9 Å². The number of halogens is 1. The summed E-state index contributed by atoms with van der Waals surface area (Å²) in [5.74, 6) is 0.480. The van der Waals surface area contributed by atoms with Crippen LogP contribution in [0.5, 0.6) is 5.75 Å². The van der Waals surface area contributed by atoms with Crippen LogP contribution >= 0.6 is 11.6 Å². The smallest absolute Gasteiger partial charge is 0.243 e. The van der Waals surface area contributed by atoms with Crippen molar-refractivity contribution in [1.29, 1.82) is 0 Å². The molecule has 0 aliphatic carbocycles. The molecule has 2 saturated heterocycles. The summed E-state index contributed by atoms with van der Waals surface area (Å²) in [5, 5.41) is 0.657. The summed E-state index contributed by atoms with van der Waals surface area (Å²) in [6, 6.07) is 12.3. The number of piperazine rings is 1. The summed E-state index contributed by atoms with van der Waals surface area (Å²) in [6.07, 6.45) is 1.22. The van der Waals surface area contributed by atoms with Gasteiger partial charge in [0.05, 0.1) is 17.7 Å². The van der Waals surface area contributed by atoms with E-state index in [1.165, 1.54) is 11.4 Å². The molecule has 4 rings (SSSR count). The van der Waals surface area contributed by atoms with Crippen molar-refractivity contribution in [3.63, 3.8) is 0 Å². The molecular weight excluding hydrogens is 426 g/mol. The number of amides is 1. The van der Waals surface area contributed by atoms with Crippen LogP contribution in [-0.4, -0.2) is 58.5 Å². The lowest BCUT2D eigenvalue weighted by atomic mass is 10.2. The highest BCUT2D eigenvalue weighted by atomic mass is 35.5. The average molecular weight is 450 g/mol. The molecule has 2 aromatic carbocycles. The molecule has 2 aliphatic rings. The predicted octanol–water partition coefficient (Wildman–Crippen LogP) is 2.99. The first kappa shape index (κ1) is 21.0. The number of carbonyl (C=O) groups excluding carboxylic acids is 1. The van der Waals surface area contributed by atoms with Crippen molar-refractivity contribution in [3.8, 4) is 5.75 Å². The number of hydrogen-bond donors (Lipinski definition) is 0. The minimum absolute atomic E-state index is 0.0158. The normalized spacial score (nSPS) is 18.1. The second kappa shape index (κ2) is 8.45. The quantitative estimate of drug-likeness (QED) is 0.701. The Balaban J connectivity index is 1.55. The number of anilines is 2. The molecule has 9 heteroatoms. The van der Waals surface area contributed by atoms with E-state index >= 15 is 0 Å². The number of benzene rings is 2. The second-order valence-electron chi connectivity index (χ2n) is 7.35. The Kier molecular flexibility index (Phi) is 5.90. The molecule has 0 unspecified atom stereocenters. The Morgan fingerprint density at radius 2 is 1.77 bits per heavy atom. The molecule has 0 aromatic heterocycles. The molecule has 0 bridgehead atoms. The first-order valence-corrected chi connectivity index (χ1v) is 11.7. The summed E-state index contributed by atoms with van der Waals surface area (Å²) in [6.45, 7) is 2.47. The molecule has 2 aromatic rings. The third-order valence-corrected chi connectivity index (χ3v) is 7.69. The fourth-order valence-corrected chi connectivity index (χ4v) is 5.58. The van der Waals surface area contributed by atoms with Gasteiger partial charge in [-0.3, -0.25) is 4.79 Å². The molecule has 30 heavy (non-hydrogen) atoms. The van der Waals surface area contributed by atoms with Crippen molar-refractivity contribution in [3.05, 3.63) is 47.5 Å². The lowest BCUT2D eigenvalue weighted by molar-refractivity contribution is -0.117. The molecule has 0 atom stereocenters. The highest BCUT2D eigenvalue weighted by molar-refractivity contribution is 7.89. The fourth-order valence-electron chi connectivity index (χ4n) is 3.95. The Hall–Kier alpha value is -2.29. The van der Waals surface area contributed by atoms with Gasteiger partial charge in [-0.25, -0.2) is 8.42 Å². The molecule has 0 spiro atoms. The van der Waals surface area contributed by atoms with Gasteiger partial charge in [-0.05, 0) is 42.8 Å². The number of nitrogens with zero attached hydrogens (tertiary/aromatic N) is 3. The van der Waals surface area contributed by atoms with Crippen molar-refractivity contribution in [2.75, 3.05) is 49.6 Å². The molecule has 0 saturated carbocycles. The summed E-state index contributed by atoms with van der Waals surface area (Å²) in [7, 11) is -2.17. The third kappa shape index (κ3) is 3.99. The van der Waals surface area contributed by atoms with Gasteiger partial charge >= 0.3 is 0 Å². The number of rotatable bonds is 5. The van der Waals surface area contributed by atoms with E-state index in [4.69, 9.17) is 16.3 Å². The number of sulfonamides is 1. The van der Waals surface area contributed by atoms with E-state index in [2.05, 4.69) is 4.90 Å².